The molecule has 1 aliphatic heterocycles. The second kappa shape index (κ2) is 5.51. The summed E-state index contributed by atoms with van der Waals surface area (Å²) in [6.07, 6.45) is 3.18. The summed E-state index contributed by atoms with van der Waals surface area (Å²) < 4.78 is 2.71. The molecule has 3 atom stereocenters. The van der Waals surface area contributed by atoms with Crippen LogP contribution in [0.25, 0.3) is 0 Å². The third-order valence-electron chi connectivity index (χ3n) is 4.03. The standard InChI is InChI=1S/C15H19BrN4O/c1-10-7-15(21,11-3-5-12(16)6-4-11)8-13(17-10)14-9-20(2)19-18-14/h3-6,9-10,13,17,21H,7-8H2,1-2H3/t10-,13-,15-/m0/s1. The average molecular weight is 351 g/mol. The number of halogens is 1. The molecule has 0 saturated carbocycles. The van der Waals surface area contributed by atoms with E-state index in [-0.39, 0.29) is 12.1 Å². The van der Waals surface area contributed by atoms with Gasteiger partial charge in [0.2, 0.25) is 0 Å². The van der Waals surface area contributed by atoms with Crippen molar-refractivity contribution in [3.8, 4) is 0 Å². The van der Waals surface area contributed by atoms with E-state index in [0.29, 0.717) is 12.8 Å². The third-order valence-corrected chi connectivity index (χ3v) is 4.56. The molecule has 21 heavy (non-hydrogen) atoms. The molecule has 0 amide bonds. The summed E-state index contributed by atoms with van der Waals surface area (Å²) in [7, 11) is 1.85. The van der Waals surface area contributed by atoms with E-state index in [1.807, 2.05) is 37.5 Å². The van der Waals surface area contributed by atoms with Gasteiger partial charge in [0, 0.05) is 30.2 Å². The fourth-order valence-electron chi connectivity index (χ4n) is 3.10. The highest BCUT2D eigenvalue weighted by molar-refractivity contribution is 9.10. The summed E-state index contributed by atoms with van der Waals surface area (Å²) in [5.41, 5.74) is 0.987. The van der Waals surface area contributed by atoms with E-state index in [1.54, 1.807) is 4.68 Å². The van der Waals surface area contributed by atoms with Crippen molar-refractivity contribution in [2.75, 3.05) is 0 Å². The molecule has 1 saturated heterocycles. The van der Waals surface area contributed by atoms with Crippen LogP contribution in [0.2, 0.25) is 0 Å². The summed E-state index contributed by atoms with van der Waals surface area (Å²) in [4.78, 5) is 0. The molecule has 112 valence electrons. The lowest BCUT2D eigenvalue weighted by atomic mass is 9.78. The normalized spacial score (nSPS) is 29.5. The van der Waals surface area contributed by atoms with E-state index in [2.05, 4.69) is 38.5 Å². The summed E-state index contributed by atoms with van der Waals surface area (Å²) in [5.74, 6) is 0. The van der Waals surface area contributed by atoms with Gasteiger partial charge in [-0.05, 0) is 31.0 Å². The first-order chi connectivity index (χ1) is 9.96. The number of aliphatic hydroxyl groups is 1. The Kier molecular flexibility index (Phi) is 3.86. The lowest BCUT2D eigenvalue weighted by Crippen LogP contribution is -2.47. The van der Waals surface area contributed by atoms with E-state index in [1.165, 1.54) is 0 Å². The number of aromatic nitrogens is 3. The highest BCUT2D eigenvalue weighted by Gasteiger charge is 2.40. The highest BCUT2D eigenvalue weighted by Crippen LogP contribution is 2.39. The molecule has 3 rings (SSSR count). The van der Waals surface area contributed by atoms with Gasteiger partial charge in [0.05, 0.1) is 17.3 Å². The smallest absolute Gasteiger partial charge is 0.0997 e. The van der Waals surface area contributed by atoms with Crippen molar-refractivity contribution in [3.63, 3.8) is 0 Å². The van der Waals surface area contributed by atoms with Gasteiger partial charge in [0.1, 0.15) is 0 Å². The van der Waals surface area contributed by atoms with E-state index in [0.717, 1.165) is 15.7 Å². The van der Waals surface area contributed by atoms with Gasteiger partial charge in [-0.3, -0.25) is 4.68 Å². The van der Waals surface area contributed by atoms with Crippen molar-refractivity contribution < 1.29 is 5.11 Å². The average Bonchev–Trinajstić information content (AvgIpc) is 2.85. The Labute approximate surface area is 132 Å². The fourth-order valence-corrected chi connectivity index (χ4v) is 3.36. The number of benzene rings is 1. The van der Waals surface area contributed by atoms with Gasteiger partial charge in [0.15, 0.2) is 0 Å². The van der Waals surface area contributed by atoms with Crippen LogP contribution in [-0.4, -0.2) is 26.1 Å². The van der Waals surface area contributed by atoms with Crippen LogP contribution in [0.5, 0.6) is 0 Å². The summed E-state index contributed by atoms with van der Waals surface area (Å²) >= 11 is 3.44. The number of hydrogen-bond donors (Lipinski definition) is 2. The minimum atomic E-state index is -0.840. The molecule has 2 heterocycles. The topological polar surface area (TPSA) is 63.0 Å². The molecule has 5 nitrogen and oxygen atoms in total. The molecular weight excluding hydrogens is 332 g/mol. The third kappa shape index (κ3) is 3.02. The second-order valence-corrected chi connectivity index (χ2v) is 6.80. The van der Waals surface area contributed by atoms with Crippen molar-refractivity contribution in [1.29, 1.82) is 0 Å². The first kappa shape index (κ1) is 14.7. The number of nitrogens with zero attached hydrogens (tertiary/aromatic N) is 3. The van der Waals surface area contributed by atoms with Gasteiger partial charge in [-0.1, -0.05) is 33.3 Å². The molecule has 0 radical (unpaired) electrons. The lowest BCUT2D eigenvalue weighted by Gasteiger charge is -2.40. The largest absolute Gasteiger partial charge is 0.385 e. The van der Waals surface area contributed by atoms with Crippen LogP contribution in [-0.2, 0) is 12.6 Å². The number of nitrogens with one attached hydrogen (secondary N) is 1. The van der Waals surface area contributed by atoms with E-state index in [9.17, 15) is 5.11 Å². The Morgan fingerprint density at radius 2 is 2.05 bits per heavy atom. The first-order valence-corrected chi connectivity index (χ1v) is 7.86. The number of aryl methyl sites for hydroxylation is 1. The Bertz CT molecular complexity index is 627. The van der Waals surface area contributed by atoms with Crippen molar-refractivity contribution in [2.45, 2.75) is 37.5 Å². The quantitative estimate of drug-likeness (QED) is 0.872. The van der Waals surface area contributed by atoms with Crippen LogP contribution < -0.4 is 5.32 Å². The molecule has 2 aromatic rings. The predicted molar refractivity (Wildman–Crippen MR) is 83.6 cm³/mol. The Balaban J connectivity index is 1.89. The monoisotopic (exact) mass is 350 g/mol. The van der Waals surface area contributed by atoms with Gasteiger partial charge in [-0.15, -0.1) is 5.10 Å². The molecule has 0 spiro atoms. The van der Waals surface area contributed by atoms with E-state index in [4.69, 9.17) is 0 Å². The predicted octanol–water partition coefficient (Wildman–Crippen LogP) is 2.28. The van der Waals surface area contributed by atoms with Crippen LogP contribution in [0.4, 0.5) is 0 Å². The summed E-state index contributed by atoms with van der Waals surface area (Å²) in [6, 6.07) is 8.12. The molecule has 0 aliphatic carbocycles. The molecule has 6 heteroatoms. The zero-order valence-corrected chi connectivity index (χ0v) is 13.7. The van der Waals surface area contributed by atoms with E-state index >= 15 is 0 Å². The molecule has 1 aromatic heterocycles. The number of hydrogen-bond acceptors (Lipinski definition) is 4. The van der Waals surface area contributed by atoms with Crippen molar-refractivity contribution in [3.05, 3.63) is 46.2 Å². The molecule has 0 unspecified atom stereocenters. The van der Waals surface area contributed by atoms with Gasteiger partial charge >= 0.3 is 0 Å². The van der Waals surface area contributed by atoms with Gasteiger partial charge in [0.25, 0.3) is 0 Å². The van der Waals surface area contributed by atoms with Crippen LogP contribution in [0.15, 0.2) is 34.9 Å². The highest BCUT2D eigenvalue weighted by atomic mass is 79.9. The van der Waals surface area contributed by atoms with Crippen LogP contribution >= 0.6 is 15.9 Å². The maximum absolute atomic E-state index is 11.1. The summed E-state index contributed by atoms with van der Waals surface area (Å²) in [5, 5.41) is 22.8. The van der Waals surface area contributed by atoms with Crippen molar-refractivity contribution in [1.82, 2.24) is 20.3 Å². The molecule has 2 N–H and O–H groups in total. The molecule has 1 aliphatic rings. The van der Waals surface area contributed by atoms with Crippen molar-refractivity contribution in [2.24, 2.45) is 7.05 Å². The molecule has 1 aromatic carbocycles. The Hall–Kier alpha value is -1.24. The van der Waals surface area contributed by atoms with Crippen LogP contribution in [0, 0.1) is 0 Å². The molecule has 1 fully saturated rings. The lowest BCUT2D eigenvalue weighted by molar-refractivity contribution is -0.0235. The zero-order valence-electron chi connectivity index (χ0n) is 12.1. The number of piperidine rings is 1. The minimum absolute atomic E-state index is 0.0103. The molecule has 0 bridgehead atoms. The zero-order chi connectivity index (χ0) is 15.0. The maximum Gasteiger partial charge on any atom is 0.0997 e. The Morgan fingerprint density at radius 3 is 2.67 bits per heavy atom. The fraction of sp³-hybridized carbons (Fsp3) is 0.467. The van der Waals surface area contributed by atoms with Crippen molar-refractivity contribution >= 4 is 15.9 Å². The second-order valence-electron chi connectivity index (χ2n) is 5.88. The Morgan fingerprint density at radius 1 is 1.33 bits per heavy atom. The summed E-state index contributed by atoms with van der Waals surface area (Å²) in [6.45, 7) is 2.09. The van der Waals surface area contributed by atoms with Gasteiger partial charge in [-0.2, -0.15) is 0 Å². The first-order valence-electron chi connectivity index (χ1n) is 7.07. The van der Waals surface area contributed by atoms with Gasteiger partial charge < -0.3 is 10.4 Å². The SMILES string of the molecule is C[C@H]1C[C@@](O)(c2ccc(Br)cc2)C[C@@H](c2cn(C)nn2)N1. The van der Waals surface area contributed by atoms with Crippen LogP contribution in [0.3, 0.4) is 0 Å². The van der Waals surface area contributed by atoms with Crippen LogP contribution in [0.1, 0.15) is 37.1 Å². The number of rotatable bonds is 2. The van der Waals surface area contributed by atoms with E-state index < -0.39 is 5.60 Å². The maximum atomic E-state index is 11.1. The van der Waals surface area contributed by atoms with Gasteiger partial charge in [-0.25, -0.2) is 0 Å². The molecular formula is C15H19BrN4O. The minimum Gasteiger partial charge on any atom is -0.385 e.